The molecule has 1 aliphatic heterocycles. The van der Waals surface area contributed by atoms with E-state index in [1.165, 1.54) is 6.07 Å². The van der Waals surface area contributed by atoms with Crippen LogP contribution >= 0.6 is 0 Å². The van der Waals surface area contributed by atoms with Crippen molar-refractivity contribution < 1.29 is 13.6 Å². The molecule has 19 heavy (non-hydrogen) atoms. The Hall–Kier alpha value is -1.49. The van der Waals surface area contributed by atoms with Crippen molar-refractivity contribution in [3.8, 4) is 0 Å². The minimum absolute atomic E-state index is 0.0602. The van der Waals surface area contributed by atoms with Crippen LogP contribution in [-0.4, -0.2) is 25.0 Å². The van der Waals surface area contributed by atoms with Gasteiger partial charge in [0.05, 0.1) is 6.42 Å². The molecule has 1 aromatic rings. The average molecular weight is 268 g/mol. The van der Waals surface area contributed by atoms with Crippen molar-refractivity contribution in [2.24, 2.45) is 5.92 Å². The number of piperidine rings is 1. The summed E-state index contributed by atoms with van der Waals surface area (Å²) in [5.74, 6) is -1.13. The van der Waals surface area contributed by atoms with Gasteiger partial charge in [-0.1, -0.05) is 13.0 Å². The summed E-state index contributed by atoms with van der Waals surface area (Å²) in [5.41, 5.74) is 0.218. The largest absolute Gasteiger partial charge is 0.352 e. The highest BCUT2D eigenvalue weighted by Gasteiger charge is 2.22. The van der Waals surface area contributed by atoms with E-state index < -0.39 is 11.6 Å². The minimum atomic E-state index is -0.676. The first-order valence-corrected chi connectivity index (χ1v) is 6.50. The van der Waals surface area contributed by atoms with Gasteiger partial charge in [0.2, 0.25) is 5.91 Å². The normalized spacial score (nSPS) is 23.1. The lowest BCUT2D eigenvalue weighted by molar-refractivity contribution is -0.121. The maximum absolute atomic E-state index is 13.4. The predicted octanol–water partition coefficient (Wildman–Crippen LogP) is 1.62. The minimum Gasteiger partial charge on any atom is -0.352 e. The summed E-state index contributed by atoms with van der Waals surface area (Å²) in [6, 6.07) is 3.35. The molecule has 1 heterocycles. The van der Waals surface area contributed by atoms with Gasteiger partial charge in [0.15, 0.2) is 0 Å². The molecule has 0 bridgehead atoms. The van der Waals surface area contributed by atoms with Crippen molar-refractivity contribution >= 4 is 5.91 Å². The number of amides is 1. The lowest BCUT2D eigenvalue weighted by Gasteiger charge is -2.30. The first kappa shape index (κ1) is 13.9. The molecule has 1 fully saturated rings. The smallest absolute Gasteiger partial charge is 0.224 e. The van der Waals surface area contributed by atoms with E-state index >= 15 is 0 Å². The van der Waals surface area contributed by atoms with Crippen molar-refractivity contribution in [1.82, 2.24) is 10.6 Å². The Bertz CT molecular complexity index is 465. The molecular weight excluding hydrogens is 250 g/mol. The van der Waals surface area contributed by atoms with Crippen LogP contribution in [0.4, 0.5) is 8.78 Å². The van der Waals surface area contributed by atoms with Crippen LogP contribution in [0.3, 0.4) is 0 Å². The number of benzene rings is 1. The number of carbonyl (C=O) groups is 1. The van der Waals surface area contributed by atoms with E-state index in [0.717, 1.165) is 31.6 Å². The number of hydrogen-bond acceptors (Lipinski definition) is 2. The van der Waals surface area contributed by atoms with Gasteiger partial charge in [-0.05, 0) is 30.5 Å². The van der Waals surface area contributed by atoms with Gasteiger partial charge in [0.25, 0.3) is 0 Å². The summed E-state index contributed by atoms with van der Waals surface area (Å²) in [7, 11) is 0. The van der Waals surface area contributed by atoms with Gasteiger partial charge < -0.3 is 10.6 Å². The van der Waals surface area contributed by atoms with Crippen molar-refractivity contribution in [2.45, 2.75) is 25.8 Å². The maximum Gasteiger partial charge on any atom is 0.224 e. The van der Waals surface area contributed by atoms with Crippen molar-refractivity contribution in [2.75, 3.05) is 13.1 Å². The van der Waals surface area contributed by atoms with E-state index in [1.807, 2.05) is 0 Å². The number of halogens is 2. The molecule has 0 saturated carbocycles. The van der Waals surface area contributed by atoms with Crippen LogP contribution < -0.4 is 10.6 Å². The number of hydrogen-bond donors (Lipinski definition) is 2. The molecule has 5 heteroatoms. The molecule has 1 amide bonds. The fourth-order valence-corrected chi connectivity index (χ4v) is 2.28. The summed E-state index contributed by atoms with van der Waals surface area (Å²) in [6.07, 6.45) is 0.950. The highest BCUT2D eigenvalue weighted by atomic mass is 19.1. The predicted molar refractivity (Wildman–Crippen MR) is 68.6 cm³/mol. The highest BCUT2D eigenvalue weighted by Crippen LogP contribution is 2.13. The van der Waals surface area contributed by atoms with E-state index in [9.17, 15) is 13.6 Å². The van der Waals surface area contributed by atoms with E-state index in [-0.39, 0.29) is 23.9 Å². The quantitative estimate of drug-likeness (QED) is 0.874. The van der Waals surface area contributed by atoms with E-state index in [1.54, 1.807) is 0 Å². The third-order valence-corrected chi connectivity index (χ3v) is 3.54. The molecule has 2 atom stereocenters. The fourth-order valence-electron chi connectivity index (χ4n) is 2.28. The van der Waals surface area contributed by atoms with E-state index in [0.29, 0.717) is 5.92 Å². The first-order chi connectivity index (χ1) is 9.06. The zero-order chi connectivity index (χ0) is 13.8. The summed E-state index contributed by atoms with van der Waals surface area (Å²) < 4.78 is 26.2. The summed E-state index contributed by atoms with van der Waals surface area (Å²) in [6.45, 7) is 3.78. The van der Waals surface area contributed by atoms with Crippen LogP contribution in [0, 0.1) is 17.6 Å². The third-order valence-electron chi connectivity index (χ3n) is 3.54. The van der Waals surface area contributed by atoms with Gasteiger partial charge in [-0.2, -0.15) is 0 Å². The summed E-state index contributed by atoms with van der Waals surface area (Å²) in [5, 5.41) is 6.11. The van der Waals surface area contributed by atoms with Gasteiger partial charge in [-0.3, -0.25) is 4.79 Å². The van der Waals surface area contributed by atoms with Crippen molar-refractivity contribution in [3.63, 3.8) is 0 Å². The van der Waals surface area contributed by atoms with Gasteiger partial charge in [0.1, 0.15) is 11.6 Å². The summed E-state index contributed by atoms with van der Waals surface area (Å²) >= 11 is 0. The van der Waals surface area contributed by atoms with Crippen molar-refractivity contribution in [3.05, 3.63) is 35.4 Å². The molecule has 104 valence electrons. The molecule has 0 radical (unpaired) electrons. The Morgan fingerprint density at radius 3 is 2.95 bits per heavy atom. The lowest BCUT2D eigenvalue weighted by atomic mass is 9.94. The van der Waals surface area contributed by atoms with Crippen LogP contribution in [0.2, 0.25) is 0 Å². The Kier molecular flexibility index (Phi) is 4.47. The standard InChI is InChI=1S/C14H18F2N2O/c1-9-4-5-17-8-13(9)18-14(19)6-10-2-3-11(15)7-12(10)16/h2-3,7,9,13,17H,4-6,8H2,1H3,(H,18,19). The Morgan fingerprint density at radius 1 is 1.47 bits per heavy atom. The average Bonchev–Trinajstić information content (AvgIpc) is 2.36. The van der Waals surface area contributed by atoms with Gasteiger partial charge in [0, 0.05) is 18.7 Å². The molecule has 2 N–H and O–H groups in total. The second kappa shape index (κ2) is 6.10. The monoisotopic (exact) mass is 268 g/mol. The number of rotatable bonds is 3. The zero-order valence-electron chi connectivity index (χ0n) is 10.9. The van der Waals surface area contributed by atoms with Crippen LogP contribution in [0.5, 0.6) is 0 Å². The van der Waals surface area contributed by atoms with Gasteiger partial charge in [-0.15, -0.1) is 0 Å². The molecule has 1 aromatic carbocycles. The lowest BCUT2D eigenvalue weighted by Crippen LogP contribution is -2.50. The Balaban J connectivity index is 1.93. The van der Waals surface area contributed by atoms with Gasteiger partial charge >= 0.3 is 0 Å². The fraction of sp³-hybridized carbons (Fsp3) is 0.500. The zero-order valence-corrected chi connectivity index (χ0v) is 10.9. The first-order valence-electron chi connectivity index (χ1n) is 6.50. The van der Waals surface area contributed by atoms with Crippen molar-refractivity contribution in [1.29, 1.82) is 0 Å². The SMILES string of the molecule is CC1CCNCC1NC(=O)Cc1ccc(F)cc1F. The highest BCUT2D eigenvalue weighted by molar-refractivity contribution is 5.79. The molecule has 0 aromatic heterocycles. The van der Waals surface area contributed by atoms with E-state index in [2.05, 4.69) is 17.6 Å². The van der Waals surface area contributed by atoms with Crippen LogP contribution in [0.1, 0.15) is 18.9 Å². The molecule has 3 nitrogen and oxygen atoms in total. The van der Waals surface area contributed by atoms with Crippen LogP contribution in [-0.2, 0) is 11.2 Å². The molecular formula is C14H18F2N2O. The molecule has 2 unspecified atom stereocenters. The van der Waals surface area contributed by atoms with Crippen LogP contribution in [0.15, 0.2) is 18.2 Å². The summed E-state index contributed by atoms with van der Waals surface area (Å²) in [4.78, 5) is 11.9. The molecule has 0 aliphatic carbocycles. The molecule has 0 spiro atoms. The Labute approximate surface area is 111 Å². The maximum atomic E-state index is 13.4. The second-order valence-electron chi connectivity index (χ2n) is 5.06. The number of carbonyl (C=O) groups excluding carboxylic acids is 1. The Morgan fingerprint density at radius 2 is 2.26 bits per heavy atom. The van der Waals surface area contributed by atoms with Gasteiger partial charge in [-0.25, -0.2) is 8.78 Å². The van der Waals surface area contributed by atoms with Crippen LogP contribution in [0.25, 0.3) is 0 Å². The molecule has 1 aliphatic rings. The number of nitrogens with one attached hydrogen (secondary N) is 2. The van der Waals surface area contributed by atoms with E-state index in [4.69, 9.17) is 0 Å². The molecule has 2 rings (SSSR count). The topological polar surface area (TPSA) is 41.1 Å². The second-order valence-corrected chi connectivity index (χ2v) is 5.06. The third kappa shape index (κ3) is 3.73. The molecule has 1 saturated heterocycles.